The summed E-state index contributed by atoms with van der Waals surface area (Å²) in [6.45, 7) is 3.22. The molecule has 1 aromatic heterocycles. The van der Waals surface area contributed by atoms with E-state index in [4.69, 9.17) is 0 Å². The van der Waals surface area contributed by atoms with E-state index in [1.165, 1.54) is 6.07 Å². The quantitative estimate of drug-likeness (QED) is 0.828. The Balaban J connectivity index is 2.72. The Hall–Kier alpha value is -2.04. The van der Waals surface area contributed by atoms with Gasteiger partial charge in [-0.1, -0.05) is 0 Å². The van der Waals surface area contributed by atoms with Crippen molar-refractivity contribution in [1.82, 2.24) is 9.55 Å². The summed E-state index contributed by atoms with van der Waals surface area (Å²) in [5.74, 6) is -0.346. The predicted octanol–water partition coefficient (Wildman–Crippen LogP) is 1.64. The molecule has 2 aromatic rings. The maximum Gasteiger partial charge on any atom is 0.316 e. The first kappa shape index (κ1) is 11.4. The molecule has 2 N–H and O–H groups in total. The third kappa shape index (κ3) is 1.63. The van der Waals surface area contributed by atoms with Crippen molar-refractivity contribution in [2.45, 2.75) is 19.3 Å². The summed E-state index contributed by atoms with van der Waals surface area (Å²) in [5, 5.41) is 18.6. The van der Waals surface area contributed by atoms with Crippen LogP contribution in [-0.4, -0.2) is 25.7 Å². The highest BCUT2D eigenvalue weighted by Crippen LogP contribution is 2.27. The van der Waals surface area contributed by atoms with Crippen molar-refractivity contribution in [3.8, 4) is 5.75 Å². The Morgan fingerprint density at radius 2 is 2.06 bits per heavy atom. The number of aryl methyl sites for hydroxylation is 1. The molecule has 1 heterocycles. The SMILES string of the molecule is Cn1c(C(C)(C)C(=O)O)nc2cc(O)ccc21. The molecule has 5 heteroatoms. The van der Waals surface area contributed by atoms with Gasteiger partial charge in [0.2, 0.25) is 0 Å². The predicted molar refractivity (Wildman–Crippen MR) is 63.0 cm³/mol. The molecule has 0 saturated heterocycles. The summed E-state index contributed by atoms with van der Waals surface area (Å²) in [6.07, 6.45) is 0. The number of phenolic OH excluding ortho intramolecular Hbond substituents is 1. The van der Waals surface area contributed by atoms with E-state index >= 15 is 0 Å². The molecule has 1 aromatic carbocycles. The molecule has 0 unspecified atom stereocenters. The van der Waals surface area contributed by atoms with E-state index in [0.717, 1.165) is 5.52 Å². The van der Waals surface area contributed by atoms with Crippen LogP contribution in [0.3, 0.4) is 0 Å². The fourth-order valence-electron chi connectivity index (χ4n) is 1.84. The average Bonchev–Trinajstić information content (AvgIpc) is 2.55. The number of carboxylic acids is 1. The zero-order chi connectivity index (χ0) is 12.8. The molecule has 0 fully saturated rings. The van der Waals surface area contributed by atoms with Crippen LogP contribution in [0, 0.1) is 0 Å². The van der Waals surface area contributed by atoms with Crippen LogP contribution in [-0.2, 0) is 17.3 Å². The maximum absolute atomic E-state index is 11.2. The number of carbonyl (C=O) groups is 1. The van der Waals surface area contributed by atoms with Crippen LogP contribution in [0.5, 0.6) is 5.75 Å². The van der Waals surface area contributed by atoms with Crippen LogP contribution in [0.15, 0.2) is 18.2 Å². The third-order valence-corrected chi connectivity index (χ3v) is 2.96. The van der Waals surface area contributed by atoms with Gasteiger partial charge in [0.25, 0.3) is 0 Å². The molecular weight excluding hydrogens is 220 g/mol. The van der Waals surface area contributed by atoms with Gasteiger partial charge in [-0.15, -0.1) is 0 Å². The number of nitrogens with zero attached hydrogens (tertiary/aromatic N) is 2. The van der Waals surface area contributed by atoms with Gasteiger partial charge in [0.05, 0.1) is 11.0 Å². The molecule has 90 valence electrons. The van der Waals surface area contributed by atoms with E-state index in [0.29, 0.717) is 11.3 Å². The summed E-state index contributed by atoms with van der Waals surface area (Å²) >= 11 is 0. The average molecular weight is 234 g/mol. The Morgan fingerprint density at radius 3 is 2.65 bits per heavy atom. The van der Waals surface area contributed by atoms with E-state index < -0.39 is 11.4 Å². The molecule has 17 heavy (non-hydrogen) atoms. The minimum Gasteiger partial charge on any atom is -0.508 e. The van der Waals surface area contributed by atoms with Crippen molar-refractivity contribution in [2.75, 3.05) is 0 Å². The molecule has 5 nitrogen and oxygen atoms in total. The summed E-state index contributed by atoms with van der Waals surface area (Å²) in [5.41, 5.74) is 0.326. The molecule has 0 aliphatic carbocycles. The number of aliphatic carboxylic acids is 1. The minimum atomic E-state index is -1.07. The first-order valence-corrected chi connectivity index (χ1v) is 5.23. The lowest BCUT2D eigenvalue weighted by Crippen LogP contribution is -2.31. The maximum atomic E-state index is 11.2. The number of hydrogen-bond acceptors (Lipinski definition) is 3. The van der Waals surface area contributed by atoms with Crippen molar-refractivity contribution in [3.63, 3.8) is 0 Å². The molecule has 0 aliphatic heterocycles. The van der Waals surface area contributed by atoms with E-state index in [-0.39, 0.29) is 5.75 Å². The van der Waals surface area contributed by atoms with E-state index in [9.17, 15) is 15.0 Å². The molecular formula is C12H14N2O3. The first-order chi connectivity index (χ1) is 7.84. The fourth-order valence-corrected chi connectivity index (χ4v) is 1.84. The van der Waals surface area contributed by atoms with E-state index in [1.54, 1.807) is 37.6 Å². The van der Waals surface area contributed by atoms with Crippen LogP contribution in [0.4, 0.5) is 0 Å². The zero-order valence-corrected chi connectivity index (χ0v) is 9.93. The van der Waals surface area contributed by atoms with Gasteiger partial charge in [0.15, 0.2) is 0 Å². The standard InChI is InChI=1S/C12H14N2O3/c1-12(2,11(16)17)10-13-8-6-7(15)4-5-9(8)14(10)3/h4-6,15H,1-3H3,(H,16,17). The molecule has 0 amide bonds. The number of benzene rings is 1. The van der Waals surface area contributed by atoms with Crippen LogP contribution < -0.4 is 0 Å². The van der Waals surface area contributed by atoms with Crippen molar-refractivity contribution >= 4 is 17.0 Å². The number of carboxylic acid groups (broad SMARTS) is 1. The number of fused-ring (bicyclic) bond motifs is 1. The number of aromatic hydroxyl groups is 1. The van der Waals surface area contributed by atoms with E-state index in [1.807, 2.05) is 0 Å². The Kier molecular flexibility index (Phi) is 2.34. The first-order valence-electron chi connectivity index (χ1n) is 5.23. The second-order valence-corrected chi connectivity index (χ2v) is 4.60. The van der Waals surface area contributed by atoms with Gasteiger partial charge in [0, 0.05) is 13.1 Å². The van der Waals surface area contributed by atoms with Crippen molar-refractivity contribution in [3.05, 3.63) is 24.0 Å². The second kappa shape index (κ2) is 3.48. The van der Waals surface area contributed by atoms with Gasteiger partial charge in [0.1, 0.15) is 17.0 Å². The Labute approximate surface area is 98.3 Å². The summed E-state index contributed by atoms with van der Waals surface area (Å²) in [4.78, 5) is 15.5. The Bertz CT molecular complexity index is 599. The largest absolute Gasteiger partial charge is 0.508 e. The monoisotopic (exact) mass is 234 g/mol. The molecule has 0 saturated carbocycles. The summed E-state index contributed by atoms with van der Waals surface area (Å²) in [6, 6.07) is 4.80. The molecule has 0 spiro atoms. The molecule has 2 rings (SSSR count). The van der Waals surface area contributed by atoms with Gasteiger partial charge in [-0.3, -0.25) is 4.79 Å². The topological polar surface area (TPSA) is 75.4 Å². The molecule has 0 bridgehead atoms. The van der Waals surface area contributed by atoms with Crippen molar-refractivity contribution in [2.24, 2.45) is 7.05 Å². The Morgan fingerprint density at radius 1 is 1.41 bits per heavy atom. The normalized spacial score (nSPS) is 11.9. The second-order valence-electron chi connectivity index (χ2n) is 4.60. The minimum absolute atomic E-state index is 0.121. The van der Waals surface area contributed by atoms with Gasteiger partial charge in [-0.05, 0) is 26.0 Å². The van der Waals surface area contributed by atoms with Crippen LogP contribution in [0.25, 0.3) is 11.0 Å². The van der Waals surface area contributed by atoms with Crippen molar-refractivity contribution in [1.29, 1.82) is 0 Å². The van der Waals surface area contributed by atoms with Crippen LogP contribution in [0.1, 0.15) is 19.7 Å². The number of imidazole rings is 1. The highest BCUT2D eigenvalue weighted by atomic mass is 16.4. The summed E-state index contributed by atoms with van der Waals surface area (Å²) in [7, 11) is 1.77. The van der Waals surface area contributed by atoms with Gasteiger partial charge in [-0.25, -0.2) is 4.98 Å². The third-order valence-electron chi connectivity index (χ3n) is 2.96. The number of hydrogen-bond donors (Lipinski definition) is 2. The summed E-state index contributed by atoms with van der Waals surface area (Å²) < 4.78 is 1.74. The van der Waals surface area contributed by atoms with Crippen molar-refractivity contribution < 1.29 is 15.0 Å². The fraction of sp³-hybridized carbons (Fsp3) is 0.333. The molecule has 0 atom stereocenters. The number of rotatable bonds is 2. The zero-order valence-electron chi connectivity index (χ0n) is 9.93. The van der Waals surface area contributed by atoms with Crippen LogP contribution in [0.2, 0.25) is 0 Å². The van der Waals surface area contributed by atoms with E-state index in [2.05, 4.69) is 4.98 Å². The van der Waals surface area contributed by atoms with Gasteiger partial charge >= 0.3 is 5.97 Å². The van der Waals surface area contributed by atoms with Gasteiger partial charge < -0.3 is 14.8 Å². The molecule has 0 aliphatic rings. The lowest BCUT2D eigenvalue weighted by molar-refractivity contribution is -0.142. The number of phenols is 1. The number of aromatic nitrogens is 2. The van der Waals surface area contributed by atoms with Crippen LogP contribution >= 0.6 is 0 Å². The van der Waals surface area contributed by atoms with Gasteiger partial charge in [-0.2, -0.15) is 0 Å². The smallest absolute Gasteiger partial charge is 0.316 e. The highest BCUT2D eigenvalue weighted by molar-refractivity contribution is 5.83. The molecule has 0 radical (unpaired) electrons. The highest BCUT2D eigenvalue weighted by Gasteiger charge is 2.34. The lowest BCUT2D eigenvalue weighted by Gasteiger charge is -2.18. The lowest BCUT2D eigenvalue weighted by atomic mass is 9.93.